The van der Waals surface area contributed by atoms with E-state index in [-0.39, 0.29) is 0 Å². The highest BCUT2D eigenvalue weighted by atomic mass is 16.7. The fourth-order valence-electron chi connectivity index (χ4n) is 1.76. The lowest BCUT2D eigenvalue weighted by Gasteiger charge is -2.41. The summed E-state index contributed by atoms with van der Waals surface area (Å²) in [7, 11) is 4.14. The van der Waals surface area contributed by atoms with E-state index in [4.69, 9.17) is 24.7 Å². The van der Waals surface area contributed by atoms with E-state index >= 15 is 0 Å². The second-order valence-electron chi connectivity index (χ2n) is 3.45. The van der Waals surface area contributed by atoms with E-state index in [0.29, 0.717) is 0 Å². The molecule has 0 aromatic rings. The van der Waals surface area contributed by atoms with Gasteiger partial charge in [0.2, 0.25) is 5.91 Å². The van der Waals surface area contributed by atoms with Crippen LogP contribution < -0.4 is 5.73 Å². The number of aliphatic hydroxyl groups is 1. The van der Waals surface area contributed by atoms with Crippen molar-refractivity contribution in [2.45, 2.75) is 30.7 Å². The van der Waals surface area contributed by atoms with E-state index in [1.165, 1.54) is 21.3 Å². The van der Waals surface area contributed by atoms with Crippen LogP contribution in [0, 0.1) is 0 Å². The van der Waals surface area contributed by atoms with Crippen molar-refractivity contribution in [2.24, 2.45) is 5.73 Å². The summed E-state index contributed by atoms with van der Waals surface area (Å²) in [6, 6.07) is 0. The minimum Gasteiger partial charge on any atom is -0.387 e. The van der Waals surface area contributed by atoms with E-state index in [0.717, 1.165) is 0 Å². The monoisotopic (exact) mass is 235 g/mol. The van der Waals surface area contributed by atoms with Crippen molar-refractivity contribution in [3.05, 3.63) is 0 Å². The number of carbonyl (C=O) groups is 1. The molecule has 94 valence electrons. The molecule has 3 N–H and O–H groups in total. The van der Waals surface area contributed by atoms with Gasteiger partial charge in [-0.25, -0.2) is 0 Å². The Kier molecular flexibility index (Phi) is 4.63. The number of nitrogens with two attached hydrogens (primary N) is 1. The first-order chi connectivity index (χ1) is 7.56. The Morgan fingerprint density at radius 2 is 1.75 bits per heavy atom. The summed E-state index contributed by atoms with van der Waals surface area (Å²) in [5, 5.41) is 9.93. The van der Waals surface area contributed by atoms with Gasteiger partial charge in [0, 0.05) is 21.3 Å². The second-order valence-corrected chi connectivity index (χ2v) is 3.45. The Morgan fingerprint density at radius 1 is 1.19 bits per heavy atom. The number of aliphatic hydroxyl groups excluding tert-OH is 1. The third kappa shape index (κ3) is 2.33. The average Bonchev–Trinajstić information content (AvgIpc) is 2.27. The topological polar surface area (TPSA) is 100 Å². The smallest absolute Gasteiger partial charge is 0.249 e. The highest BCUT2D eigenvalue weighted by Gasteiger charge is 2.48. The molecule has 1 heterocycles. The van der Waals surface area contributed by atoms with Crippen LogP contribution in [0.25, 0.3) is 0 Å². The van der Waals surface area contributed by atoms with E-state index in [1.54, 1.807) is 0 Å². The highest BCUT2D eigenvalue weighted by molar-refractivity contribution is 5.79. The Hall–Kier alpha value is -0.730. The molecular weight excluding hydrogens is 218 g/mol. The van der Waals surface area contributed by atoms with Crippen molar-refractivity contribution < 1.29 is 28.8 Å². The zero-order chi connectivity index (χ0) is 12.3. The van der Waals surface area contributed by atoms with Crippen molar-refractivity contribution in [1.82, 2.24) is 0 Å². The van der Waals surface area contributed by atoms with Crippen LogP contribution in [0.3, 0.4) is 0 Å². The van der Waals surface area contributed by atoms with Crippen LogP contribution in [-0.4, -0.2) is 63.0 Å². The predicted octanol–water partition coefficient (Wildman–Crippen LogP) is -1.77. The third-order valence-corrected chi connectivity index (χ3v) is 2.58. The molecule has 0 saturated carbocycles. The Labute approximate surface area is 93.4 Å². The lowest BCUT2D eigenvalue weighted by atomic mass is 9.98. The Balaban J connectivity index is 2.88. The molecule has 0 radical (unpaired) electrons. The van der Waals surface area contributed by atoms with Crippen molar-refractivity contribution in [3.8, 4) is 0 Å². The number of hydrogen-bond donors (Lipinski definition) is 2. The molecule has 1 rings (SSSR count). The molecule has 5 unspecified atom stereocenters. The van der Waals surface area contributed by atoms with Gasteiger partial charge < -0.3 is 29.8 Å². The van der Waals surface area contributed by atoms with Gasteiger partial charge in [-0.3, -0.25) is 4.79 Å². The first-order valence-electron chi connectivity index (χ1n) is 4.78. The summed E-state index contributed by atoms with van der Waals surface area (Å²) < 4.78 is 20.3. The predicted molar refractivity (Wildman–Crippen MR) is 52.5 cm³/mol. The zero-order valence-electron chi connectivity index (χ0n) is 9.45. The minimum atomic E-state index is -1.06. The van der Waals surface area contributed by atoms with E-state index in [1.807, 2.05) is 0 Å². The number of rotatable bonds is 4. The van der Waals surface area contributed by atoms with Gasteiger partial charge in [0.1, 0.15) is 18.3 Å². The molecule has 7 heteroatoms. The summed E-state index contributed by atoms with van der Waals surface area (Å²) in [6.07, 6.45) is -4.56. The maximum Gasteiger partial charge on any atom is 0.249 e. The molecular formula is C9H17NO6. The molecule has 5 atom stereocenters. The average molecular weight is 235 g/mol. The van der Waals surface area contributed by atoms with Crippen molar-refractivity contribution >= 4 is 5.91 Å². The molecule has 7 nitrogen and oxygen atoms in total. The molecule has 1 amide bonds. The first kappa shape index (κ1) is 13.3. The van der Waals surface area contributed by atoms with Gasteiger partial charge in [0.15, 0.2) is 12.4 Å². The minimum absolute atomic E-state index is 0.720. The third-order valence-electron chi connectivity index (χ3n) is 2.58. The largest absolute Gasteiger partial charge is 0.387 e. The second kappa shape index (κ2) is 5.55. The zero-order valence-corrected chi connectivity index (χ0v) is 9.45. The van der Waals surface area contributed by atoms with Gasteiger partial charge in [-0.05, 0) is 0 Å². The highest BCUT2D eigenvalue weighted by Crippen LogP contribution is 2.25. The van der Waals surface area contributed by atoms with Crippen LogP contribution in [-0.2, 0) is 23.7 Å². The van der Waals surface area contributed by atoms with Gasteiger partial charge in [-0.15, -0.1) is 0 Å². The number of carbonyl (C=O) groups excluding carboxylic acids is 1. The van der Waals surface area contributed by atoms with E-state index in [9.17, 15) is 9.90 Å². The molecule has 0 aromatic heterocycles. The van der Waals surface area contributed by atoms with Gasteiger partial charge in [-0.1, -0.05) is 0 Å². The fourth-order valence-corrected chi connectivity index (χ4v) is 1.76. The van der Waals surface area contributed by atoms with Crippen LogP contribution >= 0.6 is 0 Å². The van der Waals surface area contributed by atoms with Crippen LogP contribution in [0.1, 0.15) is 0 Å². The van der Waals surface area contributed by atoms with Crippen LogP contribution in [0.5, 0.6) is 0 Å². The normalized spacial score (nSPS) is 39.6. The molecule has 0 spiro atoms. The Morgan fingerprint density at radius 3 is 2.12 bits per heavy atom. The lowest BCUT2D eigenvalue weighted by molar-refractivity contribution is -0.291. The number of hydrogen-bond acceptors (Lipinski definition) is 6. The molecule has 0 aliphatic carbocycles. The summed E-state index contributed by atoms with van der Waals surface area (Å²) >= 11 is 0. The van der Waals surface area contributed by atoms with Gasteiger partial charge in [0.25, 0.3) is 0 Å². The number of primary amides is 1. The van der Waals surface area contributed by atoms with Gasteiger partial charge in [0.05, 0.1) is 0 Å². The van der Waals surface area contributed by atoms with Crippen molar-refractivity contribution in [2.75, 3.05) is 21.3 Å². The molecule has 16 heavy (non-hydrogen) atoms. The molecule has 1 aliphatic heterocycles. The maximum absolute atomic E-state index is 11.1. The number of ether oxygens (including phenoxy) is 4. The van der Waals surface area contributed by atoms with E-state index < -0.39 is 36.6 Å². The fraction of sp³-hybridized carbons (Fsp3) is 0.889. The van der Waals surface area contributed by atoms with Gasteiger partial charge >= 0.3 is 0 Å². The van der Waals surface area contributed by atoms with E-state index in [2.05, 4.69) is 0 Å². The van der Waals surface area contributed by atoms with Crippen molar-refractivity contribution in [3.63, 3.8) is 0 Å². The molecule has 0 bridgehead atoms. The number of methoxy groups -OCH3 is 3. The summed E-state index contributed by atoms with van der Waals surface area (Å²) in [5.74, 6) is -0.720. The standard InChI is InChI=1S/C9H17NO6/c1-13-5-4(11)6(14-2)9(15-3)16-7(5)8(10)12/h4-7,9,11H,1-3H3,(H2,10,12). The quantitative estimate of drug-likeness (QED) is 0.598. The van der Waals surface area contributed by atoms with Crippen LogP contribution in [0.15, 0.2) is 0 Å². The summed E-state index contributed by atoms with van der Waals surface area (Å²) in [5.41, 5.74) is 5.15. The maximum atomic E-state index is 11.1. The molecule has 1 aliphatic rings. The SMILES string of the molecule is COC1OC(C(N)=O)C(OC)C(O)C1OC. The summed E-state index contributed by atoms with van der Waals surface area (Å²) in [4.78, 5) is 11.1. The Bertz CT molecular complexity index is 248. The first-order valence-corrected chi connectivity index (χ1v) is 4.78. The molecule has 1 fully saturated rings. The van der Waals surface area contributed by atoms with Crippen molar-refractivity contribution in [1.29, 1.82) is 0 Å². The lowest BCUT2D eigenvalue weighted by Crippen LogP contribution is -2.62. The van der Waals surface area contributed by atoms with Crippen LogP contribution in [0.2, 0.25) is 0 Å². The molecule has 0 aromatic carbocycles. The van der Waals surface area contributed by atoms with Crippen LogP contribution in [0.4, 0.5) is 0 Å². The summed E-state index contributed by atoms with van der Waals surface area (Å²) in [6.45, 7) is 0. The number of amides is 1. The van der Waals surface area contributed by atoms with Gasteiger partial charge in [-0.2, -0.15) is 0 Å². The molecule has 1 saturated heterocycles.